The number of carbonyl (C=O) groups is 1. The van der Waals surface area contributed by atoms with E-state index in [-0.39, 0.29) is 12.2 Å². The molecule has 1 fully saturated rings. The van der Waals surface area contributed by atoms with Gasteiger partial charge >= 0.3 is 5.69 Å². The molecule has 1 aliphatic carbocycles. The fraction of sp³-hybridized carbons (Fsp3) is 0.304. The molecule has 160 valence electrons. The Morgan fingerprint density at radius 1 is 1.13 bits per heavy atom. The number of nitrogens with zero attached hydrogens (tertiary/aromatic N) is 3. The van der Waals surface area contributed by atoms with Crippen molar-refractivity contribution >= 4 is 17.5 Å². The number of rotatable bonds is 6. The molecule has 2 aromatic carbocycles. The standard InChI is InChI=1S/C23H23ClN4O3/c1-14-3-6-17(7-4-14)13-27-22(30)20(21(29)25-12-16-8-9-16)26-28(23(27)31)18-10-5-15(2)19(24)11-18/h3-7,10-11,16H,8-9,12-13H2,1-2H3,(H,25,29). The molecular formula is C23H23ClN4O3. The van der Waals surface area contributed by atoms with Crippen LogP contribution in [0.1, 0.15) is 40.0 Å². The van der Waals surface area contributed by atoms with Gasteiger partial charge in [0.05, 0.1) is 12.2 Å². The molecule has 0 unspecified atom stereocenters. The molecule has 0 spiro atoms. The van der Waals surface area contributed by atoms with Crippen molar-refractivity contribution in [3.63, 3.8) is 0 Å². The normalized spacial score (nSPS) is 13.3. The zero-order chi connectivity index (χ0) is 22.1. The minimum absolute atomic E-state index is 0.0307. The molecule has 7 nitrogen and oxygen atoms in total. The lowest BCUT2D eigenvalue weighted by atomic mass is 10.1. The number of halogens is 1. The maximum Gasteiger partial charge on any atom is 0.352 e. The molecule has 3 aromatic rings. The molecule has 1 saturated carbocycles. The molecule has 1 aromatic heterocycles. The lowest BCUT2D eigenvalue weighted by molar-refractivity contribution is 0.0942. The molecule has 1 N–H and O–H groups in total. The highest BCUT2D eigenvalue weighted by atomic mass is 35.5. The lowest BCUT2D eigenvalue weighted by Gasteiger charge is -2.13. The first-order valence-corrected chi connectivity index (χ1v) is 10.6. The number of benzene rings is 2. The highest BCUT2D eigenvalue weighted by molar-refractivity contribution is 6.31. The minimum atomic E-state index is -0.715. The Bertz CT molecular complexity index is 1260. The van der Waals surface area contributed by atoms with E-state index in [0.29, 0.717) is 23.2 Å². The molecule has 0 atom stereocenters. The van der Waals surface area contributed by atoms with Crippen LogP contribution in [0.5, 0.6) is 0 Å². The van der Waals surface area contributed by atoms with E-state index in [1.54, 1.807) is 18.2 Å². The second kappa shape index (κ2) is 8.51. The molecule has 0 bridgehead atoms. The summed E-state index contributed by atoms with van der Waals surface area (Å²) in [6, 6.07) is 12.5. The summed E-state index contributed by atoms with van der Waals surface area (Å²) in [5, 5.41) is 7.35. The average molecular weight is 439 g/mol. The fourth-order valence-electron chi connectivity index (χ4n) is 3.20. The minimum Gasteiger partial charge on any atom is -0.350 e. The van der Waals surface area contributed by atoms with Gasteiger partial charge in [-0.3, -0.25) is 14.2 Å². The zero-order valence-corrected chi connectivity index (χ0v) is 18.1. The Morgan fingerprint density at radius 2 is 1.84 bits per heavy atom. The van der Waals surface area contributed by atoms with E-state index in [9.17, 15) is 14.4 Å². The highest BCUT2D eigenvalue weighted by Gasteiger charge is 2.25. The van der Waals surface area contributed by atoms with Gasteiger partial charge in [-0.2, -0.15) is 9.78 Å². The van der Waals surface area contributed by atoms with Gasteiger partial charge in [0, 0.05) is 11.6 Å². The molecular weight excluding hydrogens is 416 g/mol. The van der Waals surface area contributed by atoms with E-state index in [4.69, 9.17) is 11.6 Å². The van der Waals surface area contributed by atoms with Crippen molar-refractivity contribution < 1.29 is 4.79 Å². The van der Waals surface area contributed by atoms with E-state index in [1.807, 2.05) is 38.1 Å². The summed E-state index contributed by atoms with van der Waals surface area (Å²) >= 11 is 6.23. The molecule has 1 aliphatic rings. The molecule has 1 amide bonds. The van der Waals surface area contributed by atoms with Crippen LogP contribution in [0.3, 0.4) is 0 Å². The first kappa shape index (κ1) is 21.1. The van der Waals surface area contributed by atoms with Crippen molar-refractivity contribution in [2.45, 2.75) is 33.2 Å². The second-order valence-corrected chi connectivity index (χ2v) is 8.41. The number of amides is 1. The van der Waals surface area contributed by atoms with Gasteiger partial charge in [-0.05, 0) is 55.9 Å². The highest BCUT2D eigenvalue weighted by Crippen LogP contribution is 2.27. The van der Waals surface area contributed by atoms with E-state index < -0.39 is 17.2 Å². The van der Waals surface area contributed by atoms with Crippen LogP contribution in [0, 0.1) is 19.8 Å². The summed E-state index contributed by atoms with van der Waals surface area (Å²) in [6.07, 6.45) is 2.12. The Morgan fingerprint density at radius 3 is 2.48 bits per heavy atom. The van der Waals surface area contributed by atoms with Crippen molar-refractivity contribution in [2.75, 3.05) is 6.54 Å². The SMILES string of the molecule is Cc1ccc(Cn2c(=O)c(C(=O)NCC3CC3)nn(-c3ccc(C)c(Cl)c3)c2=O)cc1. The van der Waals surface area contributed by atoms with Gasteiger partial charge in [0.1, 0.15) is 0 Å². The van der Waals surface area contributed by atoms with Crippen LogP contribution in [-0.4, -0.2) is 26.8 Å². The van der Waals surface area contributed by atoms with E-state index >= 15 is 0 Å². The van der Waals surface area contributed by atoms with Crippen LogP contribution in [-0.2, 0) is 6.54 Å². The quantitative estimate of drug-likeness (QED) is 0.641. The third-order valence-corrected chi connectivity index (χ3v) is 5.79. The average Bonchev–Trinajstić information content (AvgIpc) is 3.57. The number of aryl methyl sites for hydroxylation is 2. The van der Waals surface area contributed by atoms with Crippen molar-refractivity contribution in [1.29, 1.82) is 0 Å². The Labute approximate surface area is 184 Å². The summed E-state index contributed by atoms with van der Waals surface area (Å²) in [7, 11) is 0. The van der Waals surface area contributed by atoms with E-state index in [2.05, 4.69) is 10.4 Å². The van der Waals surface area contributed by atoms with Crippen LogP contribution < -0.4 is 16.6 Å². The number of aromatic nitrogens is 3. The zero-order valence-electron chi connectivity index (χ0n) is 17.4. The van der Waals surface area contributed by atoms with Crippen molar-refractivity contribution in [2.24, 2.45) is 5.92 Å². The van der Waals surface area contributed by atoms with Crippen LogP contribution >= 0.6 is 11.6 Å². The van der Waals surface area contributed by atoms with Gasteiger partial charge in [0.2, 0.25) is 5.69 Å². The predicted molar refractivity (Wildman–Crippen MR) is 119 cm³/mol. The maximum absolute atomic E-state index is 13.2. The molecule has 0 saturated heterocycles. The van der Waals surface area contributed by atoms with Gasteiger partial charge in [-0.1, -0.05) is 47.5 Å². The lowest BCUT2D eigenvalue weighted by Crippen LogP contribution is -2.46. The Balaban J connectivity index is 1.82. The van der Waals surface area contributed by atoms with Gasteiger partial charge in [0.15, 0.2) is 0 Å². The summed E-state index contributed by atoms with van der Waals surface area (Å²) in [6.45, 7) is 4.33. The molecule has 8 heteroatoms. The monoisotopic (exact) mass is 438 g/mol. The van der Waals surface area contributed by atoms with Crippen LogP contribution in [0.25, 0.3) is 5.69 Å². The first-order chi connectivity index (χ1) is 14.8. The van der Waals surface area contributed by atoms with Crippen molar-refractivity contribution in [3.05, 3.63) is 90.7 Å². The smallest absolute Gasteiger partial charge is 0.350 e. The number of hydrogen-bond donors (Lipinski definition) is 1. The summed E-state index contributed by atoms with van der Waals surface area (Å²) in [5.74, 6) is -0.137. The summed E-state index contributed by atoms with van der Waals surface area (Å²) in [4.78, 5) is 39.0. The van der Waals surface area contributed by atoms with Crippen LogP contribution in [0.2, 0.25) is 5.02 Å². The maximum atomic E-state index is 13.2. The van der Waals surface area contributed by atoms with Crippen molar-refractivity contribution in [1.82, 2.24) is 19.7 Å². The van der Waals surface area contributed by atoms with Gasteiger partial charge in [0.25, 0.3) is 11.5 Å². The molecule has 1 heterocycles. The van der Waals surface area contributed by atoms with Crippen LogP contribution in [0.4, 0.5) is 0 Å². The molecule has 31 heavy (non-hydrogen) atoms. The first-order valence-electron chi connectivity index (χ1n) is 10.2. The predicted octanol–water partition coefficient (Wildman–Crippen LogP) is 2.85. The Kier molecular flexibility index (Phi) is 5.78. The van der Waals surface area contributed by atoms with E-state index in [0.717, 1.165) is 38.8 Å². The van der Waals surface area contributed by atoms with E-state index in [1.165, 1.54) is 0 Å². The van der Waals surface area contributed by atoms with Gasteiger partial charge in [-0.25, -0.2) is 4.79 Å². The second-order valence-electron chi connectivity index (χ2n) is 8.01. The van der Waals surface area contributed by atoms with Crippen LogP contribution in [0.15, 0.2) is 52.1 Å². The number of carbonyl (C=O) groups excluding carboxylic acids is 1. The third kappa shape index (κ3) is 4.61. The number of hydrogen-bond acceptors (Lipinski definition) is 4. The summed E-state index contributed by atoms with van der Waals surface area (Å²) in [5.41, 5.74) is 1.40. The molecule has 0 aliphatic heterocycles. The Hall–Kier alpha value is -3.19. The van der Waals surface area contributed by atoms with Crippen molar-refractivity contribution in [3.8, 4) is 5.69 Å². The fourth-order valence-corrected chi connectivity index (χ4v) is 3.37. The summed E-state index contributed by atoms with van der Waals surface area (Å²) < 4.78 is 2.10. The topological polar surface area (TPSA) is 86.0 Å². The largest absolute Gasteiger partial charge is 0.352 e. The third-order valence-electron chi connectivity index (χ3n) is 5.38. The number of nitrogens with one attached hydrogen (secondary N) is 1. The molecule has 0 radical (unpaired) electrons. The molecule has 4 rings (SSSR count). The van der Waals surface area contributed by atoms with Gasteiger partial charge in [-0.15, -0.1) is 0 Å². The van der Waals surface area contributed by atoms with Gasteiger partial charge < -0.3 is 5.32 Å².